The molecule has 0 fully saturated rings. The molecule has 21 heavy (non-hydrogen) atoms. The molecule has 0 saturated carbocycles. The number of methoxy groups -OCH3 is 1. The summed E-state index contributed by atoms with van der Waals surface area (Å²) in [6.45, 7) is 2.19. The number of benzene rings is 2. The molecule has 2 aromatic rings. The second-order valence-electron chi connectivity index (χ2n) is 5.10. The van der Waals surface area contributed by atoms with Gasteiger partial charge in [-0.05, 0) is 43.3 Å². The molecule has 1 N–H and O–H groups in total. The minimum absolute atomic E-state index is 0.418. The summed E-state index contributed by atoms with van der Waals surface area (Å²) in [4.78, 5) is 2.16. The maximum atomic E-state index is 5.29. The molecule has 2 aromatic carbocycles. The van der Waals surface area contributed by atoms with Crippen molar-refractivity contribution in [3.8, 4) is 5.75 Å². The molecule has 0 bridgehead atoms. The number of rotatable bonds is 6. The van der Waals surface area contributed by atoms with Crippen LogP contribution in [0.15, 0.2) is 48.5 Å². The van der Waals surface area contributed by atoms with Crippen LogP contribution in [0.2, 0.25) is 0 Å². The fourth-order valence-corrected chi connectivity index (χ4v) is 2.50. The van der Waals surface area contributed by atoms with Gasteiger partial charge in [-0.3, -0.25) is 0 Å². The highest BCUT2D eigenvalue weighted by Gasteiger charge is 2.08. The first-order valence-corrected chi connectivity index (χ1v) is 7.34. The predicted molar refractivity (Wildman–Crippen MR) is 89.6 cm³/mol. The Morgan fingerprint density at radius 2 is 1.81 bits per heavy atom. The zero-order valence-corrected chi connectivity index (χ0v) is 13.3. The van der Waals surface area contributed by atoms with E-state index in [0.717, 1.165) is 23.5 Å². The van der Waals surface area contributed by atoms with Gasteiger partial charge in [-0.15, -0.1) is 0 Å². The number of nitrogens with zero attached hydrogens (tertiary/aromatic N) is 1. The molecule has 0 aromatic heterocycles. The van der Waals surface area contributed by atoms with Gasteiger partial charge in [-0.1, -0.05) is 25.1 Å². The third kappa shape index (κ3) is 3.56. The van der Waals surface area contributed by atoms with Gasteiger partial charge in [0, 0.05) is 30.5 Å². The van der Waals surface area contributed by atoms with Crippen LogP contribution in [-0.2, 0) is 0 Å². The van der Waals surface area contributed by atoms with Gasteiger partial charge in [0.2, 0.25) is 0 Å². The molecule has 0 radical (unpaired) electrons. The number of hydrogen-bond acceptors (Lipinski definition) is 3. The van der Waals surface area contributed by atoms with E-state index in [1.807, 2.05) is 25.2 Å². The van der Waals surface area contributed by atoms with Crippen LogP contribution in [-0.4, -0.2) is 21.2 Å². The topological polar surface area (TPSA) is 24.5 Å². The lowest BCUT2D eigenvalue weighted by molar-refractivity contribution is 0.415. The first-order chi connectivity index (χ1) is 10.2. The summed E-state index contributed by atoms with van der Waals surface area (Å²) in [5, 5.41) is 3.33. The fourth-order valence-electron chi connectivity index (χ4n) is 2.50. The smallest absolute Gasteiger partial charge is 0.120 e. The van der Waals surface area contributed by atoms with Crippen LogP contribution in [0.1, 0.15) is 24.9 Å². The molecule has 3 nitrogen and oxygen atoms in total. The Bertz CT molecular complexity index is 562. The highest BCUT2D eigenvalue weighted by molar-refractivity contribution is 5.64. The van der Waals surface area contributed by atoms with Gasteiger partial charge in [-0.2, -0.15) is 0 Å². The van der Waals surface area contributed by atoms with E-state index < -0.39 is 0 Å². The van der Waals surface area contributed by atoms with Gasteiger partial charge >= 0.3 is 0 Å². The molecule has 1 unspecified atom stereocenters. The molecular weight excluding hydrogens is 260 g/mol. The Morgan fingerprint density at radius 1 is 1.10 bits per heavy atom. The van der Waals surface area contributed by atoms with Crippen molar-refractivity contribution in [2.24, 2.45) is 0 Å². The summed E-state index contributed by atoms with van der Waals surface area (Å²) in [7, 11) is 5.76. The lowest BCUT2D eigenvalue weighted by atomic mass is 10.0. The van der Waals surface area contributed by atoms with E-state index in [2.05, 4.69) is 54.5 Å². The highest BCUT2D eigenvalue weighted by Crippen LogP contribution is 2.28. The molecule has 0 heterocycles. The van der Waals surface area contributed by atoms with Gasteiger partial charge in [0.1, 0.15) is 5.75 Å². The maximum Gasteiger partial charge on any atom is 0.120 e. The van der Waals surface area contributed by atoms with Gasteiger partial charge in [-0.25, -0.2) is 0 Å². The first-order valence-electron chi connectivity index (χ1n) is 7.34. The zero-order chi connectivity index (χ0) is 15.2. The van der Waals surface area contributed by atoms with Crippen molar-refractivity contribution in [2.75, 3.05) is 26.1 Å². The Kier molecular flexibility index (Phi) is 5.23. The minimum atomic E-state index is 0.418. The van der Waals surface area contributed by atoms with E-state index >= 15 is 0 Å². The Hall–Kier alpha value is -2.00. The average molecular weight is 284 g/mol. The molecule has 2 rings (SSSR count). The highest BCUT2D eigenvalue weighted by atomic mass is 16.5. The van der Waals surface area contributed by atoms with Crippen molar-refractivity contribution < 1.29 is 4.74 Å². The largest absolute Gasteiger partial charge is 0.497 e. The van der Waals surface area contributed by atoms with Crippen molar-refractivity contribution in [1.29, 1.82) is 0 Å². The molecular formula is C18H24N2O. The quantitative estimate of drug-likeness (QED) is 0.863. The summed E-state index contributed by atoms with van der Waals surface area (Å²) in [6.07, 6.45) is 1.08. The molecule has 3 heteroatoms. The standard InChI is InChI=1S/C18H24N2O/c1-5-18(19-2)14-9-11-15(12-10-14)20(3)16-7-6-8-17(13-16)21-4/h6-13,18-19H,5H2,1-4H3. The molecule has 0 amide bonds. The second-order valence-corrected chi connectivity index (χ2v) is 5.10. The van der Waals surface area contributed by atoms with E-state index in [9.17, 15) is 0 Å². The van der Waals surface area contributed by atoms with Crippen LogP contribution < -0.4 is 15.0 Å². The molecule has 112 valence electrons. The molecule has 0 spiro atoms. The molecule has 0 aliphatic heterocycles. The van der Waals surface area contributed by atoms with Crippen LogP contribution >= 0.6 is 0 Å². The van der Waals surface area contributed by atoms with Crippen molar-refractivity contribution in [2.45, 2.75) is 19.4 Å². The zero-order valence-electron chi connectivity index (χ0n) is 13.3. The van der Waals surface area contributed by atoms with Crippen molar-refractivity contribution in [3.63, 3.8) is 0 Å². The van der Waals surface area contributed by atoms with Crippen LogP contribution in [0.4, 0.5) is 11.4 Å². The van der Waals surface area contributed by atoms with Crippen LogP contribution in [0.5, 0.6) is 5.75 Å². The molecule has 0 aliphatic rings. The van der Waals surface area contributed by atoms with Crippen molar-refractivity contribution in [1.82, 2.24) is 5.32 Å². The number of ether oxygens (including phenoxy) is 1. The second kappa shape index (κ2) is 7.14. The molecule has 0 aliphatic carbocycles. The summed E-state index contributed by atoms with van der Waals surface area (Å²) < 4.78 is 5.29. The van der Waals surface area contributed by atoms with Gasteiger partial charge in [0.25, 0.3) is 0 Å². The van der Waals surface area contributed by atoms with Crippen molar-refractivity contribution in [3.05, 3.63) is 54.1 Å². The molecule has 0 saturated heterocycles. The average Bonchev–Trinajstić information content (AvgIpc) is 2.56. The summed E-state index contributed by atoms with van der Waals surface area (Å²) in [5.41, 5.74) is 3.60. The normalized spacial score (nSPS) is 12.0. The van der Waals surface area contributed by atoms with Crippen molar-refractivity contribution >= 4 is 11.4 Å². The van der Waals surface area contributed by atoms with Crippen LogP contribution in [0, 0.1) is 0 Å². The Morgan fingerprint density at radius 3 is 2.38 bits per heavy atom. The monoisotopic (exact) mass is 284 g/mol. The van der Waals surface area contributed by atoms with E-state index in [0.29, 0.717) is 6.04 Å². The van der Waals surface area contributed by atoms with Gasteiger partial charge in [0.15, 0.2) is 0 Å². The summed E-state index contributed by atoms with van der Waals surface area (Å²) >= 11 is 0. The number of anilines is 2. The SMILES string of the molecule is CCC(NC)c1ccc(N(C)c2cccc(OC)c2)cc1. The van der Waals surface area contributed by atoms with E-state index in [4.69, 9.17) is 4.74 Å². The summed E-state index contributed by atoms with van der Waals surface area (Å²) in [5.74, 6) is 0.872. The van der Waals surface area contributed by atoms with Crippen LogP contribution in [0.3, 0.4) is 0 Å². The van der Waals surface area contributed by atoms with Gasteiger partial charge < -0.3 is 15.0 Å². The number of hydrogen-bond donors (Lipinski definition) is 1. The summed E-state index contributed by atoms with van der Waals surface area (Å²) in [6, 6.07) is 17.2. The lowest BCUT2D eigenvalue weighted by Gasteiger charge is -2.21. The Labute approximate surface area is 127 Å². The Balaban J connectivity index is 2.21. The van der Waals surface area contributed by atoms with Gasteiger partial charge in [0.05, 0.1) is 7.11 Å². The predicted octanol–water partition coefficient (Wildman–Crippen LogP) is 4.13. The lowest BCUT2D eigenvalue weighted by Crippen LogP contribution is -2.15. The molecule has 1 atom stereocenters. The maximum absolute atomic E-state index is 5.29. The van der Waals surface area contributed by atoms with E-state index in [-0.39, 0.29) is 0 Å². The van der Waals surface area contributed by atoms with Crippen LogP contribution in [0.25, 0.3) is 0 Å². The number of nitrogens with one attached hydrogen (secondary N) is 1. The van der Waals surface area contributed by atoms with E-state index in [1.54, 1.807) is 7.11 Å². The first kappa shape index (κ1) is 15.4. The van der Waals surface area contributed by atoms with E-state index in [1.165, 1.54) is 5.56 Å². The minimum Gasteiger partial charge on any atom is -0.497 e. The third-order valence-electron chi connectivity index (χ3n) is 3.88. The third-order valence-corrected chi connectivity index (χ3v) is 3.88. The fraction of sp³-hybridized carbons (Fsp3) is 0.333.